The van der Waals surface area contributed by atoms with Crippen LogP contribution in [-0.2, 0) is 26.1 Å². The summed E-state index contributed by atoms with van der Waals surface area (Å²) in [5, 5.41) is 39.2. The number of anilines is 1. The van der Waals surface area contributed by atoms with Crippen LogP contribution in [0.1, 0.15) is 260 Å². The molecule has 0 unspecified atom stereocenters. The minimum Gasteiger partial charge on any atom is -0.872 e. The zero-order valence-electron chi connectivity index (χ0n) is 49.7. The fraction of sp³-hybridized carbons (Fsp3) is 0.621. The van der Waals surface area contributed by atoms with Crippen molar-refractivity contribution in [2.75, 3.05) is 11.9 Å². The van der Waals surface area contributed by atoms with Gasteiger partial charge in [0.1, 0.15) is 10.6 Å². The third-order valence-corrected chi connectivity index (χ3v) is 16.7. The van der Waals surface area contributed by atoms with Crippen LogP contribution in [0.15, 0.2) is 87.9 Å². The summed E-state index contributed by atoms with van der Waals surface area (Å²) >= 11 is 0. The van der Waals surface area contributed by atoms with Gasteiger partial charge in [-0.1, -0.05) is 268 Å². The van der Waals surface area contributed by atoms with E-state index in [9.17, 15) is 37.6 Å². The number of carboxylic acids is 1. The molecule has 438 valence electrons. The molecule has 14 heteroatoms. The van der Waals surface area contributed by atoms with Gasteiger partial charge in [-0.15, -0.1) is 10.2 Å². The Balaban J connectivity index is 0.0000168. The number of amides is 2. The molecule has 0 aliphatic rings. The van der Waals surface area contributed by atoms with E-state index in [2.05, 4.69) is 34.7 Å². The zero-order chi connectivity index (χ0) is 57.0. The number of nitrogens with one attached hydrogen (secondary N) is 2. The van der Waals surface area contributed by atoms with Crippen LogP contribution in [0, 0.1) is 12.3 Å². The number of nitrogens with zero attached hydrogens (tertiary/aromatic N) is 2. The second kappa shape index (κ2) is 41.5. The van der Waals surface area contributed by atoms with Gasteiger partial charge in [0.2, 0.25) is 5.91 Å². The van der Waals surface area contributed by atoms with Gasteiger partial charge in [0, 0.05) is 29.6 Å². The van der Waals surface area contributed by atoms with E-state index in [1.807, 2.05) is 12.1 Å². The Morgan fingerprint density at radius 1 is 0.562 bits per heavy atom. The van der Waals surface area contributed by atoms with Crippen LogP contribution in [0.3, 0.4) is 0 Å². The van der Waals surface area contributed by atoms with Crippen LogP contribution in [0.4, 0.5) is 17.1 Å². The molecule has 4 N–H and O–H groups in total. The number of carbonyl (C=O) groups excluding carboxylic acids is 2. The molecule has 4 aromatic carbocycles. The second-order valence-electron chi connectivity index (χ2n) is 22.6. The van der Waals surface area contributed by atoms with Gasteiger partial charge in [-0.05, 0) is 73.0 Å². The summed E-state index contributed by atoms with van der Waals surface area (Å²) in [6.45, 7) is 6.39. The van der Waals surface area contributed by atoms with Gasteiger partial charge in [0.05, 0.1) is 11.1 Å². The fourth-order valence-corrected chi connectivity index (χ4v) is 11.6. The maximum atomic E-state index is 13.8. The van der Waals surface area contributed by atoms with E-state index in [1.165, 1.54) is 185 Å². The summed E-state index contributed by atoms with van der Waals surface area (Å²) in [6.07, 6.45) is 41.3. The zero-order valence-corrected chi connectivity index (χ0v) is 53.7. The fourth-order valence-electron chi connectivity index (χ4n) is 10.9. The van der Waals surface area contributed by atoms with Crippen LogP contribution in [-0.4, -0.2) is 42.4 Å². The van der Waals surface area contributed by atoms with Gasteiger partial charge in [0.25, 0.3) is 16.0 Å². The molecule has 0 aliphatic heterocycles. The number of benzene rings is 4. The van der Waals surface area contributed by atoms with Crippen LogP contribution < -0.4 is 67.1 Å². The molecule has 0 saturated heterocycles. The summed E-state index contributed by atoms with van der Waals surface area (Å²) in [6, 6.07) is 19.5. The summed E-state index contributed by atoms with van der Waals surface area (Å²) in [5.41, 5.74) is 0.802. The molecule has 0 heterocycles. The first-order valence-electron chi connectivity index (χ1n) is 30.9. The van der Waals surface area contributed by atoms with Crippen molar-refractivity contribution in [2.45, 2.75) is 257 Å². The smallest absolute Gasteiger partial charge is 0.872 e. The number of aliphatic carboxylic acids is 1. The van der Waals surface area contributed by atoms with Gasteiger partial charge in [-0.25, -0.2) is 0 Å². The number of aryl methyl sites for hydroxylation is 1. The number of azo groups is 1. The van der Waals surface area contributed by atoms with Gasteiger partial charge in [-0.3, -0.25) is 18.9 Å². The first-order valence-corrected chi connectivity index (χ1v) is 32.3. The molecule has 0 aromatic heterocycles. The summed E-state index contributed by atoms with van der Waals surface area (Å²) in [4.78, 5) is 40.1. The van der Waals surface area contributed by atoms with Crippen molar-refractivity contribution < 1.29 is 89.0 Å². The predicted octanol–water partition coefficient (Wildman–Crippen LogP) is 15.6. The van der Waals surface area contributed by atoms with Crippen LogP contribution in [0.5, 0.6) is 5.75 Å². The molecule has 2 amide bonds. The van der Waals surface area contributed by atoms with E-state index in [0.29, 0.717) is 35.9 Å². The van der Waals surface area contributed by atoms with E-state index in [-0.39, 0.29) is 92.6 Å². The molecule has 0 bridgehead atoms. The Bertz CT molecular complexity index is 2500. The largest absolute Gasteiger partial charge is 1.00 e. The predicted molar refractivity (Wildman–Crippen MR) is 323 cm³/mol. The SMILES string of the molecule is CCCCCCCCCCCCCCCCCCC(CCCCCCCCCCCCCCCCCC)(CC(=O)Nc1ccc(CCNC(=O)c2cc(N=Nc3ccc(C)cc3S(=O)(=O)O)c3ccccc3c2[O-])cc1)C(=O)O.[K+]. The molecule has 0 aliphatic carbocycles. The number of hydrogen-bond acceptors (Lipinski definition) is 8. The first-order chi connectivity index (χ1) is 38.3. The van der Waals surface area contributed by atoms with Crippen LogP contribution in [0.2, 0.25) is 0 Å². The molecular formula is C66H99KN4O8S. The first kappa shape index (κ1) is 70.8. The molecule has 0 fully saturated rings. The number of hydrogen-bond donors (Lipinski definition) is 4. The number of fused-ring (bicyclic) bond motifs is 1. The minimum atomic E-state index is -4.61. The summed E-state index contributed by atoms with van der Waals surface area (Å²) in [5.74, 6) is -2.31. The van der Waals surface area contributed by atoms with E-state index in [4.69, 9.17) is 0 Å². The number of carboxylic acid groups (broad SMARTS) is 1. The van der Waals surface area contributed by atoms with Crippen LogP contribution >= 0.6 is 0 Å². The third kappa shape index (κ3) is 27.7. The molecule has 0 atom stereocenters. The molecular weight excluding hydrogens is 1050 g/mol. The number of unbranched alkanes of at least 4 members (excludes halogenated alkanes) is 30. The van der Waals surface area contributed by atoms with E-state index in [1.54, 1.807) is 49.4 Å². The Labute approximate surface area is 524 Å². The third-order valence-electron chi connectivity index (χ3n) is 15.8. The van der Waals surface area contributed by atoms with E-state index < -0.39 is 38.1 Å². The van der Waals surface area contributed by atoms with Gasteiger partial charge < -0.3 is 20.8 Å². The Hall–Kier alpha value is -3.50. The second-order valence-corrected chi connectivity index (χ2v) is 24.0. The van der Waals surface area contributed by atoms with Crippen molar-refractivity contribution in [1.29, 1.82) is 0 Å². The molecule has 0 spiro atoms. The molecule has 80 heavy (non-hydrogen) atoms. The average Bonchev–Trinajstić information content (AvgIpc) is 3.45. The van der Waals surface area contributed by atoms with Gasteiger partial charge in [-0.2, -0.15) is 8.42 Å². The van der Waals surface area contributed by atoms with Gasteiger partial charge >= 0.3 is 57.4 Å². The topological polar surface area (TPSA) is 198 Å². The normalized spacial score (nSPS) is 11.8. The van der Waals surface area contributed by atoms with Crippen molar-refractivity contribution in [3.05, 3.63) is 89.5 Å². The molecule has 12 nitrogen and oxygen atoms in total. The standard InChI is InChI=1S/C66H100N4O8S.K/c1-4-6-8-10-12-14-16-18-20-22-24-26-28-30-32-36-47-66(65(74)75,48-37-33-31-29-27-25-23-21-19-17-15-13-11-9-7-5-2)52-62(71)68-55-43-41-54(42-44-55)46-49-67-64(73)58-51-60(56-38-34-35-39-57(56)63(58)72)70-69-59-45-40-53(3)50-61(59)79(76,77)78;/h34-35,38-45,50-51,72H,4-33,36-37,46-49,52H2,1-3H3,(H,67,73)(H,68,71)(H,74,75)(H,76,77,78);/q;+1/p-1. The Morgan fingerprint density at radius 3 is 1.43 bits per heavy atom. The summed E-state index contributed by atoms with van der Waals surface area (Å²) in [7, 11) is -4.61. The van der Waals surface area contributed by atoms with Crippen molar-refractivity contribution in [1.82, 2.24) is 5.32 Å². The van der Waals surface area contributed by atoms with E-state index in [0.717, 1.165) is 44.1 Å². The summed E-state index contributed by atoms with van der Waals surface area (Å²) < 4.78 is 34.0. The quantitative estimate of drug-likeness (QED) is 0.0145. The molecule has 4 aromatic rings. The monoisotopic (exact) mass is 1150 g/mol. The number of carbonyl (C=O) groups is 3. The van der Waals surface area contributed by atoms with Crippen molar-refractivity contribution >= 4 is 55.7 Å². The van der Waals surface area contributed by atoms with E-state index >= 15 is 0 Å². The molecule has 0 radical (unpaired) electrons. The molecule has 0 saturated carbocycles. The van der Waals surface area contributed by atoms with Crippen molar-refractivity contribution in [2.24, 2.45) is 15.6 Å². The molecule has 4 rings (SSSR count). The van der Waals surface area contributed by atoms with Crippen LogP contribution in [0.25, 0.3) is 10.8 Å². The maximum absolute atomic E-state index is 13.8. The van der Waals surface area contributed by atoms with Gasteiger partial charge in [0.15, 0.2) is 0 Å². The van der Waals surface area contributed by atoms with Crippen molar-refractivity contribution in [3.63, 3.8) is 0 Å². The Morgan fingerprint density at radius 2 is 0.988 bits per heavy atom. The minimum absolute atomic E-state index is 0. The maximum Gasteiger partial charge on any atom is 1.00 e. The average molecular weight is 1150 g/mol. The van der Waals surface area contributed by atoms with Crippen molar-refractivity contribution in [3.8, 4) is 5.75 Å². The number of rotatable bonds is 45. The Kier molecular flexibility index (Phi) is 36.7.